The summed E-state index contributed by atoms with van der Waals surface area (Å²) in [6.45, 7) is 0. The van der Waals surface area contributed by atoms with Gasteiger partial charge in [-0.1, -0.05) is 115 Å². The zero-order valence-electron chi connectivity index (χ0n) is 17.2. The van der Waals surface area contributed by atoms with E-state index < -0.39 is 6.04 Å². The second kappa shape index (κ2) is 10.2. The summed E-state index contributed by atoms with van der Waals surface area (Å²) in [4.78, 5) is 1.15. The lowest BCUT2D eigenvalue weighted by atomic mass is 10.2. The molecule has 4 aromatic rings. The first-order valence-corrected chi connectivity index (χ1v) is 13.7. The molecule has 154 valence electrons. The van der Waals surface area contributed by atoms with Crippen LogP contribution in [0.3, 0.4) is 0 Å². The smallest absolute Gasteiger partial charge is 0.118 e. The third kappa shape index (κ3) is 4.85. The SMILES string of the molecule is COc1ccc(S/C=C(\c2ccccc2)P(=S)(c2ccccc2)c2ccccc2)cc1. The van der Waals surface area contributed by atoms with E-state index >= 15 is 0 Å². The van der Waals surface area contributed by atoms with Gasteiger partial charge in [-0.15, -0.1) is 0 Å². The van der Waals surface area contributed by atoms with E-state index in [0.717, 1.165) is 10.6 Å². The Balaban J connectivity index is 1.88. The van der Waals surface area contributed by atoms with Crippen LogP contribution in [-0.2, 0) is 11.8 Å². The maximum Gasteiger partial charge on any atom is 0.118 e. The van der Waals surface area contributed by atoms with Gasteiger partial charge in [0.2, 0.25) is 0 Å². The highest BCUT2D eigenvalue weighted by atomic mass is 32.4. The molecule has 4 aromatic carbocycles. The standard InChI is InChI=1S/C27H23OPS2/c1-28-23-17-19-26(20-18-23)31-21-27(22-11-5-2-6-12-22)29(30,24-13-7-3-8-14-24)25-15-9-4-10-16-25/h2-21H,1H3/b27-21+. The summed E-state index contributed by atoms with van der Waals surface area (Å²) >= 11 is 8.31. The number of thioether (sulfide) groups is 1. The highest BCUT2D eigenvalue weighted by Gasteiger charge is 2.28. The van der Waals surface area contributed by atoms with Gasteiger partial charge < -0.3 is 4.74 Å². The van der Waals surface area contributed by atoms with Crippen LogP contribution in [0.2, 0.25) is 0 Å². The van der Waals surface area contributed by atoms with Gasteiger partial charge in [0, 0.05) is 16.2 Å². The van der Waals surface area contributed by atoms with Crippen LogP contribution in [0.15, 0.2) is 126 Å². The van der Waals surface area contributed by atoms with Crippen molar-refractivity contribution in [3.8, 4) is 5.75 Å². The van der Waals surface area contributed by atoms with Crippen LogP contribution in [0.4, 0.5) is 0 Å². The lowest BCUT2D eigenvalue weighted by molar-refractivity contribution is 0.414. The summed E-state index contributed by atoms with van der Waals surface area (Å²) in [5.41, 5.74) is 1.17. The van der Waals surface area contributed by atoms with Crippen LogP contribution >= 0.6 is 17.8 Å². The first kappa shape index (κ1) is 21.6. The van der Waals surface area contributed by atoms with Gasteiger partial charge in [0.15, 0.2) is 0 Å². The van der Waals surface area contributed by atoms with Crippen LogP contribution in [0.1, 0.15) is 5.56 Å². The van der Waals surface area contributed by atoms with Gasteiger partial charge in [-0.25, -0.2) is 0 Å². The summed E-state index contributed by atoms with van der Waals surface area (Å²) in [5.74, 6) is 0.857. The molecule has 4 heteroatoms. The molecular formula is C27H23OPS2. The first-order chi connectivity index (χ1) is 15.2. The van der Waals surface area contributed by atoms with Gasteiger partial charge in [0.25, 0.3) is 0 Å². The highest BCUT2D eigenvalue weighted by molar-refractivity contribution is 8.27. The zero-order chi connectivity index (χ0) is 21.5. The van der Waals surface area contributed by atoms with Crippen molar-refractivity contribution in [2.45, 2.75) is 4.90 Å². The van der Waals surface area contributed by atoms with Gasteiger partial charge in [0.1, 0.15) is 5.75 Å². The van der Waals surface area contributed by atoms with Crippen molar-refractivity contribution in [3.63, 3.8) is 0 Å². The zero-order valence-corrected chi connectivity index (χ0v) is 19.7. The number of benzene rings is 4. The Bertz CT molecular complexity index is 1140. The van der Waals surface area contributed by atoms with Gasteiger partial charge in [-0.2, -0.15) is 0 Å². The third-order valence-electron chi connectivity index (χ3n) is 5.01. The van der Waals surface area contributed by atoms with E-state index in [1.807, 2.05) is 30.3 Å². The quantitative estimate of drug-likeness (QED) is 0.220. The van der Waals surface area contributed by atoms with Crippen molar-refractivity contribution >= 4 is 45.5 Å². The molecule has 0 aliphatic carbocycles. The van der Waals surface area contributed by atoms with Crippen LogP contribution in [0.5, 0.6) is 5.75 Å². The van der Waals surface area contributed by atoms with Crippen LogP contribution in [-0.4, -0.2) is 7.11 Å². The lowest BCUT2D eigenvalue weighted by Crippen LogP contribution is -2.16. The van der Waals surface area contributed by atoms with Crippen molar-refractivity contribution in [2.24, 2.45) is 0 Å². The summed E-state index contributed by atoms with van der Waals surface area (Å²) in [6, 6.07) is 37.5. The van der Waals surface area contributed by atoms with Crippen molar-refractivity contribution in [3.05, 3.63) is 126 Å². The van der Waals surface area contributed by atoms with Gasteiger partial charge in [-0.05, 0) is 45.8 Å². The molecule has 0 aromatic heterocycles. The fourth-order valence-corrected chi connectivity index (χ4v) is 8.83. The van der Waals surface area contributed by atoms with Crippen molar-refractivity contribution in [1.29, 1.82) is 0 Å². The van der Waals surface area contributed by atoms with E-state index in [9.17, 15) is 0 Å². The summed E-state index contributed by atoms with van der Waals surface area (Å²) in [5, 5.41) is 5.84. The van der Waals surface area contributed by atoms with Crippen LogP contribution in [0, 0.1) is 0 Å². The van der Waals surface area contributed by atoms with Crippen molar-refractivity contribution < 1.29 is 4.74 Å². The number of hydrogen-bond donors (Lipinski definition) is 0. The summed E-state index contributed by atoms with van der Waals surface area (Å²) in [6.07, 6.45) is 0. The molecule has 0 unspecified atom stereocenters. The molecule has 4 rings (SSSR count). The average molecular weight is 459 g/mol. The van der Waals surface area contributed by atoms with E-state index in [2.05, 4.69) is 90.3 Å². The molecule has 0 aliphatic rings. The fourth-order valence-electron chi connectivity index (χ4n) is 3.41. The van der Waals surface area contributed by atoms with E-state index in [4.69, 9.17) is 16.5 Å². The Kier molecular flexibility index (Phi) is 7.09. The van der Waals surface area contributed by atoms with Gasteiger partial charge in [-0.3, -0.25) is 0 Å². The molecule has 0 atom stereocenters. The molecule has 31 heavy (non-hydrogen) atoms. The lowest BCUT2D eigenvalue weighted by Gasteiger charge is -2.27. The Morgan fingerprint density at radius 2 is 1.19 bits per heavy atom. The summed E-state index contributed by atoms with van der Waals surface area (Å²) < 4.78 is 5.30. The fraction of sp³-hybridized carbons (Fsp3) is 0.0370. The minimum absolute atomic E-state index is 0.857. The molecule has 0 fully saturated rings. The van der Waals surface area contributed by atoms with Crippen LogP contribution < -0.4 is 15.3 Å². The molecule has 0 saturated carbocycles. The maximum absolute atomic E-state index is 6.60. The van der Waals surface area contributed by atoms with Gasteiger partial charge >= 0.3 is 0 Å². The maximum atomic E-state index is 6.60. The predicted octanol–water partition coefficient (Wildman–Crippen LogP) is 6.92. The molecule has 0 N–H and O–H groups in total. The largest absolute Gasteiger partial charge is 0.497 e. The number of hydrogen-bond acceptors (Lipinski definition) is 3. The minimum Gasteiger partial charge on any atom is -0.497 e. The Morgan fingerprint density at radius 3 is 1.68 bits per heavy atom. The summed E-state index contributed by atoms with van der Waals surface area (Å²) in [7, 11) is 1.69. The Hall–Kier alpha value is -2.58. The minimum atomic E-state index is -2.26. The van der Waals surface area contributed by atoms with Gasteiger partial charge in [0.05, 0.1) is 7.11 Å². The normalized spacial score (nSPS) is 11.8. The molecule has 0 spiro atoms. The second-order valence-corrected chi connectivity index (χ2v) is 12.3. The molecule has 0 amide bonds. The molecule has 0 bridgehead atoms. The van der Waals surface area contributed by atoms with Crippen LogP contribution in [0.25, 0.3) is 5.31 Å². The highest BCUT2D eigenvalue weighted by Crippen LogP contribution is 2.58. The van der Waals surface area contributed by atoms with E-state index in [1.54, 1.807) is 18.9 Å². The van der Waals surface area contributed by atoms with Crippen molar-refractivity contribution in [2.75, 3.05) is 7.11 Å². The molecule has 0 radical (unpaired) electrons. The average Bonchev–Trinajstić information content (AvgIpc) is 2.86. The van der Waals surface area contributed by atoms with E-state index in [1.165, 1.54) is 21.5 Å². The first-order valence-electron chi connectivity index (χ1n) is 10.00. The molecular weight excluding hydrogens is 435 g/mol. The van der Waals surface area contributed by atoms with E-state index in [-0.39, 0.29) is 0 Å². The Labute approximate surface area is 193 Å². The Morgan fingerprint density at radius 1 is 0.710 bits per heavy atom. The topological polar surface area (TPSA) is 9.23 Å². The third-order valence-corrected chi connectivity index (χ3v) is 11.1. The predicted molar refractivity (Wildman–Crippen MR) is 140 cm³/mol. The molecule has 0 heterocycles. The molecule has 1 nitrogen and oxygen atoms in total. The molecule has 0 aliphatic heterocycles. The monoisotopic (exact) mass is 458 g/mol. The number of methoxy groups -OCH3 is 1. The van der Waals surface area contributed by atoms with Crippen molar-refractivity contribution in [1.82, 2.24) is 0 Å². The number of rotatable bonds is 7. The number of ether oxygens (including phenoxy) is 1. The molecule has 0 saturated heterocycles. The van der Waals surface area contributed by atoms with E-state index in [0.29, 0.717) is 0 Å². The second-order valence-electron chi connectivity index (χ2n) is 6.94.